The summed E-state index contributed by atoms with van der Waals surface area (Å²) in [7, 11) is 0. The average Bonchev–Trinajstić information content (AvgIpc) is 3.53. The fourth-order valence-corrected chi connectivity index (χ4v) is 7.17. The number of fused-ring (bicyclic) bond motifs is 4. The monoisotopic (exact) mass is 533 g/mol. The molecule has 6 nitrogen and oxygen atoms in total. The molecule has 3 N–H and O–H groups in total. The van der Waals surface area contributed by atoms with Gasteiger partial charge in [0, 0.05) is 28.5 Å². The zero-order chi connectivity index (χ0) is 26.8. The van der Waals surface area contributed by atoms with E-state index in [1.165, 1.54) is 0 Å². The third kappa shape index (κ3) is 3.16. The van der Waals surface area contributed by atoms with Crippen molar-refractivity contribution in [3.8, 4) is 0 Å². The molecule has 2 spiro atoms. The van der Waals surface area contributed by atoms with Crippen molar-refractivity contribution in [3.05, 3.63) is 130 Å². The van der Waals surface area contributed by atoms with E-state index >= 15 is 0 Å². The average molecular weight is 534 g/mol. The van der Waals surface area contributed by atoms with Crippen molar-refractivity contribution in [2.75, 3.05) is 10.6 Å². The zero-order valence-electron chi connectivity index (χ0n) is 20.8. The molecule has 2 amide bonds. The second-order valence-electron chi connectivity index (χ2n) is 10.3. The number of nitrogens with one attached hydrogen (secondary N) is 3. The van der Waals surface area contributed by atoms with Crippen LogP contribution in [0, 0.1) is 5.92 Å². The predicted octanol–water partition coefficient (Wildman–Crippen LogP) is 5.09. The van der Waals surface area contributed by atoms with E-state index in [1.807, 2.05) is 78.9 Å². The van der Waals surface area contributed by atoms with Gasteiger partial charge in [0.15, 0.2) is 5.78 Å². The molecule has 4 aromatic carbocycles. The highest BCUT2D eigenvalue weighted by molar-refractivity contribution is 6.34. The summed E-state index contributed by atoms with van der Waals surface area (Å²) in [4.78, 5) is 43.3. The van der Waals surface area contributed by atoms with Crippen LogP contribution in [0.15, 0.2) is 103 Å². The van der Waals surface area contributed by atoms with E-state index in [2.05, 4.69) is 16.0 Å². The molecule has 3 aliphatic rings. The Morgan fingerprint density at radius 1 is 0.718 bits per heavy atom. The van der Waals surface area contributed by atoms with Crippen molar-refractivity contribution >= 4 is 40.6 Å². The molecule has 4 aromatic rings. The summed E-state index contributed by atoms with van der Waals surface area (Å²) in [6.07, 6.45) is 0.423. The summed E-state index contributed by atoms with van der Waals surface area (Å²) in [6.45, 7) is 0. The Morgan fingerprint density at radius 2 is 1.31 bits per heavy atom. The first-order valence-electron chi connectivity index (χ1n) is 12.9. The van der Waals surface area contributed by atoms with Gasteiger partial charge in [0.1, 0.15) is 11.0 Å². The largest absolute Gasteiger partial charge is 0.325 e. The first-order chi connectivity index (χ1) is 19.0. The van der Waals surface area contributed by atoms with Gasteiger partial charge in [-0.25, -0.2) is 0 Å². The van der Waals surface area contributed by atoms with Gasteiger partial charge in [-0.05, 0) is 41.8 Å². The van der Waals surface area contributed by atoms with Crippen LogP contribution in [-0.4, -0.2) is 23.6 Å². The Kier molecular flexibility index (Phi) is 5.27. The van der Waals surface area contributed by atoms with Crippen LogP contribution < -0.4 is 16.0 Å². The Balaban J connectivity index is 1.55. The minimum Gasteiger partial charge on any atom is -0.325 e. The maximum atomic E-state index is 14.8. The standard InChI is InChI=1S/C32H24ClN3O3/c33-23-15-7-4-12-20(23)27(37)28-31(21-13-5-8-16-24(21)34-29(31)38)26(18-19-10-2-1-3-11-19)36-32(28)22-14-6-9-17-25(22)35-30(32)39/h1-17,26,28,36H,18H2,(H,34,38)(H,35,39). The lowest BCUT2D eigenvalue weighted by Crippen LogP contribution is -2.54. The molecule has 0 saturated carbocycles. The fourth-order valence-electron chi connectivity index (χ4n) is 6.94. The predicted molar refractivity (Wildman–Crippen MR) is 150 cm³/mol. The zero-order valence-corrected chi connectivity index (χ0v) is 21.5. The number of para-hydroxylation sites is 2. The lowest BCUT2D eigenvalue weighted by molar-refractivity contribution is -0.124. The molecule has 0 aromatic heterocycles. The Bertz CT molecular complexity index is 1670. The second kappa shape index (κ2) is 8.63. The maximum absolute atomic E-state index is 14.8. The maximum Gasteiger partial charge on any atom is 0.250 e. The van der Waals surface area contributed by atoms with E-state index in [0.29, 0.717) is 28.9 Å². The van der Waals surface area contributed by atoms with Crippen LogP contribution in [0.1, 0.15) is 27.0 Å². The summed E-state index contributed by atoms with van der Waals surface area (Å²) in [6, 6.07) is 30.8. The van der Waals surface area contributed by atoms with E-state index < -0.39 is 22.9 Å². The van der Waals surface area contributed by atoms with Gasteiger partial charge in [0.2, 0.25) is 11.8 Å². The topological polar surface area (TPSA) is 87.3 Å². The number of hydrogen-bond donors (Lipinski definition) is 3. The molecule has 0 bridgehead atoms. The third-order valence-electron chi connectivity index (χ3n) is 8.48. The molecule has 3 aliphatic heterocycles. The number of ketones is 1. The normalized spacial score (nSPS) is 26.4. The van der Waals surface area contributed by atoms with Crippen molar-refractivity contribution in [3.63, 3.8) is 0 Å². The molecule has 0 radical (unpaired) electrons. The number of Topliss-reactive ketones (excluding diaryl/α,β-unsaturated/α-hetero) is 1. The van der Waals surface area contributed by atoms with Crippen molar-refractivity contribution < 1.29 is 14.4 Å². The molecule has 7 rings (SSSR count). The Morgan fingerprint density at radius 3 is 2.05 bits per heavy atom. The van der Waals surface area contributed by atoms with Crippen LogP contribution in [0.4, 0.5) is 11.4 Å². The Labute approximate surface area is 230 Å². The van der Waals surface area contributed by atoms with E-state index in [0.717, 1.165) is 5.56 Å². The lowest BCUT2D eigenvalue weighted by Gasteiger charge is -2.36. The number of amides is 2. The molecule has 1 saturated heterocycles. The van der Waals surface area contributed by atoms with E-state index in [1.54, 1.807) is 24.3 Å². The number of rotatable bonds is 4. The number of benzene rings is 4. The second-order valence-corrected chi connectivity index (χ2v) is 10.7. The van der Waals surface area contributed by atoms with Gasteiger partial charge >= 0.3 is 0 Å². The molecule has 1 fully saturated rings. The number of carbonyl (C=O) groups is 3. The summed E-state index contributed by atoms with van der Waals surface area (Å²) >= 11 is 6.58. The number of anilines is 2. The van der Waals surface area contributed by atoms with Crippen LogP contribution in [0.2, 0.25) is 5.02 Å². The van der Waals surface area contributed by atoms with Gasteiger partial charge in [0.05, 0.1) is 10.9 Å². The van der Waals surface area contributed by atoms with E-state index in [-0.39, 0.29) is 28.2 Å². The number of hydrogen-bond acceptors (Lipinski definition) is 4. The van der Waals surface area contributed by atoms with Crippen LogP contribution in [-0.2, 0) is 27.0 Å². The van der Waals surface area contributed by atoms with Gasteiger partial charge in [-0.2, -0.15) is 0 Å². The highest BCUT2D eigenvalue weighted by Crippen LogP contribution is 2.60. The Hall–Kier alpha value is -4.26. The smallest absolute Gasteiger partial charge is 0.250 e. The minimum absolute atomic E-state index is 0.276. The molecule has 4 unspecified atom stereocenters. The first kappa shape index (κ1) is 23.8. The SMILES string of the molecule is O=C(c1ccccc1Cl)C1C2(NC(Cc3ccccc3)C13C(=O)Nc1ccccc13)C(=O)Nc1ccccc12. The molecular formula is C32H24ClN3O3. The first-order valence-corrected chi connectivity index (χ1v) is 13.3. The van der Waals surface area contributed by atoms with Crippen molar-refractivity contribution in [2.24, 2.45) is 5.92 Å². The van der Waals surface area contributed by atoms with Gasteiger partial charge in [-0.15, -0.1) is 0 Å². The fraction of sp³-hybridized carbons (Fsp3) is 0.156. The van der Waals surface area contributed by atoms with E-state index in [4.69, 9.17) is 11.6 Å². The molecule has 3 heterocycles. The summed E-state index contributed by atoms with van der Waals surface area (Å²) in [5, 5.41) is 9.92. The summed E-state index contributed by atoms with van der Waals surface area (Å²) in [5.41, 5.74) is 0.977. The number of halogens is 1. The lowest BCUT2D eigenvalue weighted by atomic mass is 9.60. The van der Waals surface area contributed by atoms with Crippen LogP contribution in [0.25, 0.3) is 0 Å². The van der Waals surface area contributed by atoms with Crippen molar-refractivity contribution in [1.82, 2.24) is 5.32 Å². The van der Waals surface area contributed by atoms with Crippen LogP contribution >= 0.6 is 11.6 Å². The molecule has 7 heteroatoms. The van der Waals surface area contributed by atoms with Crippen LogP contribution in [0.3, 0.4) is 0 Å². The van der Waals surface area contributed by atoms with E-state index in [9.17, 15) is 14.4 Å². The van der Waals surface area contributed by atoms with Crippen molar-refractivity contribution in [1.29, 1.82) is 0 Å². The summed E-state index contributed by atoms with van der Waals surface area (Å²) in [5.74, 6) is -2.15. The molecular weight excluding hydrogens is 510 g/mol. The quantitative estimate of drug-likeness (QED) is 0.319. The van der Waals surface area contributed by atoms with Gasteiger partial charge in [-0.3, -0.25) is 19.7 Å². The molecule has 192 valence electrons. The van der Waals surface area contributed by atoms with Gasteiger partial charge in [-0.1, -0.05) is 90.5 Å². The minimum atomic E-state index is -1.50. The number of carbonyl (C=O) groups excluding carboxylic acids is 3. The molecule has 4 atom stereocenters. The highest BCUT2D eigenvalue weighted by atomic mass is 35.5. The highest BCUT2D eigenvalue weighted by Gasteiger charge is 2.75. The third-order valence-corrected chi connectivity index (χ3v) is 8.81. The van der Waals surface area contributed by atoms with Crippen LogP contribution in [0.5, 0.6) is 0 Å². The van der Waals surface area contributed by atoms with Gasteiger partial charge < -0.3 is 10.6 Å². The molecule has 0 aliphatic carbocycles. The van der Waals surface area contributed by atoms with Crippen molar-refractivity contribution in [2.45, 2.75) is 23.4 Å². The summed E-state index contributed by atoms with van der Waals surface area (Å²) < 4.78 is 0. The molecule has 39 heavy (non-hydrogen) atoms. The van der Waals surface area contributed by atoms with Gasteiger partial charge in [0.25, 0.3) is 0 Å².